The van der Waals surface area contributed by atoms with Crippen LogP contribution in [0.5, 0.6) is 0 Å². The molecule has 0 aromatic rings. The van der Waals surface area contributed by atoms with Gasteiger partial charge in [0.2, 0.25) is 5.91 Å². The van der Waals surface area contributed by atoms with Crippen LogP contribution in [0.15, 0.2) is 12.7 Å². The minimum atomic E-state index is -0.319. The van der Waals surface area contributed by atoms with E-state index in [9.17, 15) is 4.79 Å². The molecule has 86 valence electrons. The van der Waals surface area contributed by atoms with Gasteiger partial charge in [-0.3, -0.25) is 4.79 Å². The Morgan fingerprint density at radius 2 is 2.40 bits per heavy atom. The molecule has 0 aliphatic carbocycles. The van der Waals surface area contributed by atoms with E-state index >= 15 is 0 Å². The molecule has 0 saturated carbocycles. The molecule has 1 unspecified atom stereocenters. The van der Waals surface area contributed by atoms with Gasteiger partial charge < -0.3 is 14.4 Å². The summed E-state index contributed by atoms with van der Waals surface area (Å²) in [5, 5.41) is 0. The SMILES string of the molecule is C=CC(=O)N1CC(COC)OC(C)(C)C1. The van der Waals surface area contributed by atoms with Gasteiger partial charge in [-0.1, -0.05) is 6.58 Å². The van der Waals surface area contributed by atoms with Crippen LogP contribution in [0.4, 0.5) is 0 Å². The second-order valence-corrected chi connectivity index (χ2v) is 4.38. The fraction of sp³-hybridized carbons (Fsp3) is 0.727. The van der Waals surface area contributed by atoms with Crippen molar-refractivity contribution < 1.29 is 14.3 Å². The minimum Gasteiger partial charge on any atom is -0.382 e. The van der Waals surface area contributed by atoms with Crippen molar-refractivity contribution in [2.24, 2.45) is 0 Å². The Bertz CT molecular complexity index is 250. The highest BCUT2D eigenvalue weighted by molar-refractivity contribution is 5.87. The van der Waals surface area contributed by atoms with Crippen molar-refractivity contribution in [2.45, 2.75) is 25.6 Å². The number of nitrogens with zero attached hydrogens (tertiary/aromatic N) is 1. The lowest BCUT2D eigenvalue weighted by Crippen LogP contribution is -2.55. The molecule has 4 heteroatoms. The van der Waals surface area contributed by atoms with Crippen LogP contribution in [0.1, 0.15) is 13.8 Å². The fourth-order valence-electron chi connectivity index (χ4n) is 1.87. The molecule has 4 nitrogen and oxygen atoms in total. The molecule has 1 fully saturated rings. The lowest BCUT2D eigenvalue weighted by Gasteiger charge is -2.42. The van der Waals surface area contributed by atoms with E-state index < -0.39 is 0 Å². The zero-order chi connectivity index (χ0) is 11.5. The molecule has 1 saturated heterocycles. The van der Waals surface area contributed by atoms with E-state index in [-0.39, 0.29) is 17.6 Å². The molecular formula is C11H19NO3. The third kappa shape index (κ3) is 3.32. The summed E-state index contributed by atoms with van der Waals surface area (Å²) < 4.78 is 10.8. The molecule has 0 aromatic heterocycles. The minimum absolute atomic E-state index is 0.0486. The van der Waals surface area contributed by atoms with E-state index in [2.05, 4.69) is 6.58 Å². The Kier molecular flexibility index (Phi) is 3.88. The number of morpholine rings is 1. The van der Waals surface area contributed by atoms with Gasteiger partial charge in [0.15, 0.2) is 0 Å². The molecule has 15 heavy (non-hydrogen) atoms. The molecule has 1 amide bonds. The van der Waals surface area contributed by atoms with Crippen molar-refractivity contribution >= 4 is 5.91 Å². The van der Waals surface area contributed by atoms with Crippen molar-refractivity contribution in [2.75, 3.05) is 26.8 Å². The van der Waals surface area contributed by atoms with Gasteiger partial charge in [-0.2, -0.15) is 0 Å². The van der Waals surface area contributed by atoms with Crippen molar-refractivity contribution in [1.82, 2.24) is 4.90 Å². The summed E-state index contributed by atoms with van der Waals surface area (Å²) in [6, 6.07) is 0. The van der Waals surface area contributed by atoms with E-state index in [1.54, 1.807) is 12.0 Å². The predicted molar refractivity (Wildman–Crippen MR) is 57.6 cm³/mol. The Morgan fingerprint density at radius 1 is 1.73 bits per heavy atom. The third-order valence-corrected chi connectivity index (χ3v) is 2.32. The maximum Gasteiger partial charge on any atom is 0.246 e. The molecule has 1 aliphatic rings. The van der Waals surface area contributed by atoms with Crippen LogP contribution in [0.3, 0.4) is 0 Å². The van der Waals surface area contributed by atoms with Gasteiger partial charge in [0.05, 0.1) is 18.3 Å². The number of rotatable bonds is 3. The van der Waals surface area contributed by atoms with Crippen LogP contribution in [0.2, 0.25) is 0 Å². The fourth-order valence-corrected chi connectivity index (χ4v) is 1.87. The highest BCUT2D eigenvalue weighted by Gasteiger charge is 2.34. The molecule has 0 bridgehead atoms. The zero-order valence-corrected chi connectivity index (χ0v) is 9.66. The summed E-state index contributed by atoms with van der Waals surface area (Å²) in [4.78, 5) is 13.3. The Hall–Kier alpha value is -0.870. The average Bonchev–Trinajstić information content (AvgIpc) is 2.14. The molecule has 1 heterocycles. The zero-order valence-electron chi connectivity index (χ0n) is 9.66. The molecule has 1 atom stereocenters. The molecule has 0 radical (unpaired) electrons. The monoisotopic (exact) mass is 213 g/mol. The van der Waals surface area contributed by atoms with Gasteiger partial charge in [-0.05, 0) is 19.9 Å². The lowest BCUT2D eigenvalue weighted by molar-refractivity contribution is -0.165. The second kappa shape index (κ2) is 4.77. The first-order valence-electron chi connectivity index (χ1n) is 5.06. The van der Waals surface area contributed by atoms with Crippen molar-refractivity contribution in [1.29, 1.82) is 0 Å². The van der Waals surface area contributed by atoms with Crippen LogP contribution in [-0.4, -0.2) is 49.3 Å². The van der Waals surface area contributed by atoms with Gasteiger partial charge in [0.1, 0.15) is 0 Å². The topological polar surface area (TPSA) is 38.8 Å². The number of methoxy groups -OCH3 is 1. The number of carbonyl (C=O) groups excluding carboxylic acids is 1. The van der Waals surface area contributed by atoms with Crippen molar-refractivity contribution in [3.63, 3.8) is 0 Å². The Balaban J connectivity index is 2.67. The maximum absolute atomic E-state index is 11.5. The van der Waals surface area contributed by atoms with Crippen molar-refractivity contribution in [3.8, 4) is 0 Å². The van der Waals surface area contributed by atoms with E-state index in [4.69, 9.17) is 9.47 Å². The van der Waals surface area contributed by atoms with E-state index in [0.29, 0.717) is 19.7 Å². The number of carbonyl (C=O) groups is 1. The van der Waals surface area contributed by atoms with E-state index in [1.807, 2.05) is 13.8 Å². The first-order valence-corrected chi connectivity index (χ1v) is 5.06. The summed E-state index contributed by atoms with van der Waals surface area (Å²) in [5.41, 5.74) is -0.319. The summed E-state index contributed by atoms with van der Waals surface area (Å²) in [6.07, 6.45) is 1.29. The van der Waals surface area contributed by atoms with E-state index in [1.165, 1.54) is 6.08 Å². The third-order valence-electron chi connectivity index (χ3n) is 2.32. The normalized spacial score (nSPS) is 25.0. The van der Waals surface area contributed by atoms with Crippen LogP contribution < -0.4 is 0 Å². The van der Waals surface area contributed by atoms with Gasteiger partial charge in [0.25, 0.3) is 0 Å². The summed E-state index contributed by atoms with van der Waals surface area (Å²) in [6.45, 7) is 9.10. The first kappa shape index (κ1) is 12.2. The highest BCUT2D eigenvalue weighted by Crippen LogP contribution is 2.21. The number of amides is 1. The smallest absolute Gasteiger partial charge is 0.246 e. The molecule has 1 aliphatic heterocycles. The Morgan fingerprint density at radius 3 is 2.93 bits per heavy atom. The van der Waals surface area contributed by atoms with Crippen LogP contribution >= 0.6 is 0 Å². The summed E-state index contributed by atoms with van der Waals surface area (Å²) in [5.74, 6) is -0.0486. The van der Waals surface area contributed by atoms with Crippen molar-refractivity contribution in [3.05, 3.63) is 12.7 Å². The summed E-state index contributed by atoms with van der Waals surface area (Å²) in [7, 11) is 1.63. The van der Waals surface area contributed by atoms with Crippen LogP contribution in [0, 0.1) is 0 Å². The lowest BCUT2D eigenvalue weighted by atomic mass is 10.1. The number of hydrogen-bond donors (Lipinski definition) is 0. The molecule has 0 aromatic carbocycles. The first-order chi connectivity index (χ1) is 6.98. The van der Waals surface area contributed by atoms with Crippen LogP contribution in [0.25, 0.3) is 0 Å². The average molecular weight is 213 g/mol. The highest BCUT2D eigenvalue weighted by atomic mass is 16.5. The van der Waals surface area contributed by atoms with Gasteiger partial charge in [0, 0.05) is 20.2 Å². The Labute approximate surface area is 90.8 Å². The second-order valence-electron chi connectivity index (χ2n) is 4.38. The van der Waals surface area contributed by atoms with Crippen LogP contribution in [-0.2, 0) is 14.3 Å². The van der Waals surface area contributed by atoms with Gasteiger partial charge in [-0.15, -0.1) is 0 Å². The van der Waals surface area contributed by atoms with Gasteiger partial charge in [-0.25, -0.2) is 0 Å². The molecule has 0 N–H and O–H groups in total. The van der Waals surface area contributed by atoms with E-state index in [0.717, 1.165) is 0 Å². The number of ether oxygens (including phenoxy) is 2. The quantitative estimate of drug-likeness (QED) is 0.652. The standard InChI is InChI=1S/C11H19NO3/c1-5-10(13)12-6-9(7-14-4)15-11(2,3)8-12/h5,9H,1,6-8H2,2-4H3. The number of hydrogen-bond acceptors (Lipinski definition) is 3. The predicted octanol–water partition coefficient (Wildman–Crippen LogP) is 0.825. The molecule has 1 rings (SSSR count). The molecule has 0 spiro atoms. The van der Waals surface area contributed by atoms with Gasteiger partial charge >= 0.3 is 0 Å². The summed E-state index contributed by atoms with van der Waals surface area (Å²) >= 11 is 0. The molecular weight excluding hydrogens is 194 g/mol. The largest absolute Gasteiger partial charge is 0.382 e. The maximum atomic E-state index is 11.5.